The third-order valence-electron chi connectivity index (χ3n) is 2.90. The molecule has 0 saturated heterocycles. The van der Waals surface area contributed by atoms with E-state index in [-0.39, 0.29) is 5.78 Å². The fourth-order valence-corrected chi connectivity index (χ4v) is 1.75. The molecule has 2 rings (SSSR count). The van der Waals surface area contributed by atoms with Crippen molar-refractivity contribution in [3.05, 3.63) is 72.8 Å². The summed E-state index contributed by atoms with van der Waals surface area (Å²) in [6, 6.07) is 19.1. The van der Waals surface area contributed by atoms with Crippen LogP contribution in [0.25, 0.3) is 0 Å². The number of carbonyl (C=O) groups is 2. The zero-order chi connectivity index (χ0) is 20.2. The molecule has 0 amide bonds. The minimum Gasteiger partial charge on any atom is -0.493 e. The number of allylic oxidation sites excluding steroid dienone is 1. The van der Waals surface area contributed by atoms with Crippen molar-refractivity contribution in [3.8, 4) is 11.5 Å². The van der Waals surface area contributed by atoms with Crippen LogP contribution in [-0.4, -0.2) is 25.3 Å². The molecule has 0 bridgehead atoms. The molecule has 146 valence electrons. The van der Waals surface area contributed by atoms with Gasteiger partial charge in [-0.05, 0) is 43.7 Å². The monoisotopic (exact) mass is 370 g/mol. The Morgan fingerprint density at radius 3 is 1.67 bits per heavy atom. The summed E-state index contributed by atoms with van der Waals surface area (Å²) in [4.78, 5) is 20.5. The van der Waals surface area contributed by atoms with E-state index in [1.54, 1.807) is 6.08 Å². The van der Waals surface area contributed by atoms with Gasteiger partial charge in [-0.15, -0.1) is 0 Å². The maximum absolute atomic E-state index is 10.5. The Labute approximate surface area is 162 Å². The average Bonchev–Trinajstić information content (AvgIpc) is 2.71. The Hall–Kier alpha value is -2.88. The number of carbonyl (C=O) groups excluding carboxylic acids is 2. The number of rotatable bonds is 9. The molecule has 27 heavy (non-hydrogen) atoms. The number of benzene rings is 2. The Morgan fingerprint density at radius 2 is 1.26 bits per heavy atom. The van der Waals surface area contributed by atoms with E-state index in [0.717, 1.165) is 24.2 Å². The Balaban J connectivity index is 0.000000469. The highest BCUT2D eigenvalue weighted by molar-refractivity contribution is 5.87. The standard InChI is InChI=1S/C12H14O2.C9H10O2.C2H6/c1-11(13)7-5-6-10-14-12-8-3-2-4-9-12;10-7-4-8-11-9-5-2-1-3-6-9;1-2/h2-5,7-9H,6,10H2,1H3;1-3,5-7H,4,8H2;1-2H3/b7-5+;;. The van der Waals surface area contributed by atoms with Gasteiger partial charge in [-0.2, -0.15) is 0 Å². The molecule has 0 atom stereocenters. The first-order valence-corrected chi connectivity index (χ1v) is 9.19. The van der Waals surface area contributed by atoms with Crippen LogP contribution < -0.4 is 9.47 Å². The van der Waals surface area contributed by atoms with Gasteiger partial charge in [0.05, 0.1) is 13.2 Å². The van der Waals surface area contributed by atoms with Crippen molar-refractivity contribution < 1.29 is 19.1 Å². The van der Waals surface area contributed by atoms with Crippen LogP contribution in [0, 0.1) is 0 Å². The predicted octanol–water partition coefficient (Wildman–Crippen LogP) is 5.28. The van der Waals surface area contributed by atoms with E-state index in [4.69, 9.17) is 9.47 Å². The van der Waals surface area contributed by atoms with Crippen molar-refractivity contribution in [2.75, 3.05) is 13.2 Å². The van der Waals surface area contributed by atoms with Gasteiger partial charge in [0.15, 0.2) is 5.78 Å². The molecular weight excluding hydrogens is 340 g/mol. The van der Waals surface area contributed by atoms with E-state index >= 15 is 0 Å². The number of hydrogen-bond acceptors (Lipinski definition) is 4. The fraction of sp³-hybridized carbons (Fsp3) is 0.304. The van der Waals surface area contributed by atoms with Gasteiger partial charge in [0.25, 0.3) is 0 Å². The molecule has 0 radical (unpaired) electrons. The zero-order valence-electron chi connectivity index (χ0n) is 16.5. The second-order valence-corrected chi connectivity index (χ2v) is 5.08. The Morgan fingerprint density at radius 1 is 0.815 bits per heavy atom. The van der Waals surface area contributed by atoms with Crippen LogP contribution >= 0.6 is 0 Å². The molecule has 4 nitrogen and oxygen atoms in total. The maximum Gasteiger partial charge on any atom is 0.152 e. The molecule has 0 aliphatic heterocycles. The zero-order valence-corrected chi connectivity index (χ0v) is 16.5. The third-order valence-corrected chi connectivity index (χ3v) is 2.90. The first kappa shape index (κ1) is 24.1. The molecule has 4 heteroatoms. The highest BCUT2D eigenvalue weighted by Crippen LogP contribution is 2.08. The number of ether oxygens (including phenoxy) is 2. The van der Waals surface area contributed by atoms with Crippen LogP contribution in [0.4, 0.5) is 0 Å². The molecule has 0 saturated carbocycles. The molecule has 0 heterocycles. The molecule has 0 unspecified atom stereocenters. The number of para-hydroxylation sites is 2. The molecule has 2 aromatic rings. The van der Waals surface area contributed by atoms with E-state index in [0.29, 0.717) is 19.6 Å². The number of aldehydes is 1. The van der Waals surface area contributed by atoms with Crippen LogP contribution in [0.5, 0.6) is 11.5 Å². The van der Waals surface area contributed by atoms with Crippen LogP contribution in [0.2, 0.25) is 0 Å². The van der Waals surface area contributed by atoms with Crippen LogP contribution in [0.1, 0.15) is 33.6 Å². The van der Waals surface area contributed by atoms with Crippen LogP contribution in [0.15, 0.2) is 72.8 Å². The lowest BCUT2D eigenvalue weighted by Crippen LogP contribution is -1.96. The lowest BCUT2D eigenvalue weighted by molar-refractivity contribution is -0.112. The smallest absolute Gasteiger partial charge is 0.152 e. The molecule has 0 aromatic heterocycles. The van der Waals surface area contributed by atoms with Crippen LogP contribution in [-0.2, 0) is 9.59 Å². The molecule has 2 aromatic carbocycles. The van der Waals surface area contributed by atoms with Crippen LogP contribution in [0.3, 0.4) is 0 Å². The van der Waals surface area contributed by atoms with Gasteiger partial charge in [0.1, 0.15) is 17.8 Å². The maximum atomic E-state index is 10.5. The van der Waals surface area contributed by atoms with Crippen molar-refractivity contribution in [3.63, 3.8) is 0 Å². The lowest BCUT2D eigenvalue weighted by Gasteiger charge is -2.02. The van der Waals surface area contributed by atoms with Crippen molar-refractivity contribution in [1.82, 2.24) is 0 Å². The van der Waals surface area contributed by atoms with Crippen molar-refractivity contribution in [2.45, 2.75) is 33.6 Å². The summed E-state index contributed by atoms with van der Waals surface area (Å²) in [5, 5.41) is 0. The van der Waals surface area contributed by atoms with E-state index in [1.165, 1.54) is 6.92 Å². The summed E-state index contributed by atoms with van der Waals surface area (Å²) in [5.74, 6) is 1.75. The molecule has 0 N–H and O–H groups in total. The predicted molar refractivity (Wildman–Crippen MR) is 110 cm³/mol. The number of ketones is 1. The summed E-state index contributed by atoms with van der Waals surface area (Å²) in [5.41, 5.74) is 0. The topological polar surface area (TPSA) is 52.6 Å². The minimum absolute atomic E-state index is 0.0738. The molecule has 0 fully saturated rings. The minimum atomic E-state index is 0.0738. The lowest BCUT2D eigenvalue weighted by atomic mass is 10.3. The molecule has 0 aliphatic rings. The van der Waals surface area contributed by atoms with Gasteiger partial charge in [-0.3, -0.25) is 4.79 Å². The third kappa shape index (κ3) is 15.1. The summed E-state index contributed by atoms with van der Waals surface area (Å²) in [6.07, 6.45) is 5.45. The van der Waals surface area contributed by atoms with Crippen molar-refractivity contribution in [2.24, 2.45) is 0 Å². The van der Waals surface area contributed by atoms with E-state index in [1.807, 2.05) is 80.6 Å². The van der Waals surface area contributed by atoms with Gasteiger partial charge in [0, 0.05) is 6.42 Å². The van der Waals surface area contributed by atoms with Gasteiger partial charge in [-0.25, -0.2) is 0 Å². The van der Waals surface area contributed by atoms with E-state index < -0.39 is 0 Å². The summed E-state index contributed by atoms with van der Waals surface area (Å²) in [7, 11) is 0. The van der Waals surface area contributed by atoms with Gasteiger partial charge in [0.2, 0.25) is 0 Å². The summed E-state index contributed by atoms with van der Waals surface area (Å²) in [6.45, 7) is 6.61. The highest BCUT2D eigenvalue weighted by Gasteiger charge is 1.89. The van der Waals surface area contributed by atoms with Gasteiger partial charge in [-0.1, -0.05) is 56.3 Å². The quantitative estimate of drug-likeness (QED) is 0.342. The second-order valence-electron chi connectivity index (χ2n) is 5.08. The summed E-state index contributed by atoms with van der Waals surface area (Å²) < 4.78 is 10.6. The van der Waals surface area contributed by atoms with E-state index in [9.17, 15) is 9.59 Å². The average molecular weight is 370 g/mol. The molecule has 0 spiro atoms. The van der Waals surface area contributed by atoms with Crippen molar-refractivity contribution in [1.29, 1.82) is 0 Å². The van der Waals surface area contributed by atoms with Gasteiger partial charge < -0.3 is 14.3 Å². The summed E-state index contributed by atoms with van der Waals surface area (Å²) >= 11 is 0. The Bertz CT molecular complexity index is 621. The molecular formula is C23H30O4. The Kier molecular flexibility index (Phi) is 16.0. The molecule has 0 aliphatic carbocycles. The largest absolute Gasteiger partial charge is 0.493 e. The first-order valence-electron chi connectivity index (χ1n) is 9.19. The van der Waals surface area contributed by atoms with E-state index in [2.05, 4.69) is 0 Å². The fourth-order valence-electron chi connectivity index (χ4n) is 1.75. The second kappa shape index (κ2) is 17.9. The highest BCUT2D eigenvalue weighted by atomic mass is 16.5. The normalized spacial score (nSPS) is 9.30. The van der Waals surface area contributed by atoms with Crippen molar-refractivity contribution >= 4 is 12.1 Å². The number of hydrogen-bond donors (Lipinski definition) is 0. The SMILES string of the molecule is CC.CC(=O)/C=C/CCOc1ccccc1.O=CCCOc1ccccc1. The first-order chi connectivity index (χ1) is 13.2. The van der Waals surface area contributed by atoms with Gasteiger partial charge >= 0.3 is 0 Å².